The van der Waals surface area contributed by atoms with Crippen LogP contribution in [0.4, 0.5) is 0 Å². The van der Waals surface area contributed by atoms with E-state index in [4.69, 9.17) is 13.5 Å². The van der Waals surface area contributed by atoms with Gasteiger partial charge in [-0.15, -0.1) is 0 Å². The van der Waals surface area contributed by atoms with Crippen LogP contribution in [0.25, 0.3) is 11.0 Å². The molecule has 0 spiro atoms. The molecule has 0 aliphatic carbocycles. The Morgan fingerprint density at radius 1 is 1.35 bits per heavy atom. The van der Waals surface area contributed by atoms with E-state index in [1.165, 1.54) is 6.07 Å². The predicted octanol–water partition coefficient (Wildman–Crippen LogP) is 3.03. The van der Waals surface area contributed by atoms with E-state index in [1.54, 1.807) is 6.07 Å². The lowest BCUT2D eigenvalue weighted by Crippen LogP contribution is -1.97. The molecule has 0 aliphatic heterocycles. The third-order valence-corrected chi connectivity index (χ3v) is 3.01. The highest BCUT2D eigenvalue weighted by molar-refractivity contribution is 7.26. The smallest absolute Gasteiger partial charge is 0.336 e. The van der Waals surface area contributed by atoms with E-state index < -0.39 is 0 Å². The lowest BCUT2D eigenvalue weighted by Gasteiger charge is -2.06. The molecule has 90 valence electrons. The molecule has 1 heterocycles. The Labute approximate surface area is 100 Å². The SMILES string of the molecule is CCOPOc1ccc2c(C)cc(=O)oc2c1. The summed E-state index contributed by atoms with van der Waals surface area (Å²) in [5.41, 5.74) is 1.09. The maximum atomic E-state index is 11.2. The highest BCUT2D eigenvalue weighted by Crippen LogP contribution is 2.26. The fraction of sp³-hybridized carbons (Fsp3) is 0.250. The second-order valence-corrected chi connectivity index (χ2v) is 4.18. The first kappa shape index (κ1) is 12.1. The molecule has 0 saturated carbocycles. The molecular weight excluding hydrogens is 239 g/mol. The summed E-state index contributed by atoms with van der Waals surface area (Å²) in [6, 6.07) is 6.89. The molecule has 0 N–H and O–H groups in total. The standard InChI is InChI=1S/C12H13O4P/c1-3-14-17-16-9-4-5-10-8(2)6-12(13)15-11(10)7-9/h4-7,17H,3H2,1-2H3. The van der Waals surface area contributed by atoms with Crippen molar-refractivity contribution < 1.29 is 13.5 Å². The van der Waals surface area contributed by atoms with Crippen molar-refractivity contribution in [3.05, 3.63) is 40.2 Å². The van der Waals surface area contributed by atoms with Crippen molar-refractivity contribution in [2.24, 2.45) is 0 Å². The van der Waals surface area contributed by atoms with Gasteiger partial charge in [-0.05, 0) is 31.5 Å². The Hall–Kier alpha value is -1.38. The van der Waals surface area contributed by atoms with Gasteiger partial charge in [0.05, 0.1) is 6.61 Å². The van der Waals surface area contributed by atoms with Gasteiger partial charge in [0, 0.05) is 17.5 Å². The highest BCUT2D eigenvalue weighted by atomic mass is 31.1. The maximum Gasteiger partial charge on any atom is 0.336 e. The van der Waals surface area contributed by atoms with E-state index >= 15 is 0 Å². The minimum Gasteiger partial charge on any atom is -0.450 e. The van der Waals surface area contributed by atoms with E-state index in [0.29, 0.717) is 17.9 Å². The number of aryl methyl sites for hydroxylation is 1. The van der Waals surface area contributed by atoms with Gasteiger partial charge in [-0.3, -0.25) is 0 Å². The van der Waals surface area contributed by atoms with Crippen molar-refractivity contribution in [3.8, 4) is 5.75 Å². The van der Waals surface area contributed by atoms with Gasteiger partial charge in [0.1, 0.15) is 11.3 Å². The largest absolute Gasteiger partial charge is 0.450 e. The van der Waals surface area contributed by atoms with Crippen LogP contribution < -0.4 is 10.1 Å². The maximum absolute atomic E-state index is 11.2. The molecule has 17 heavy (non-hydrogen) atoms. The molecule has 0 amide bonds. The predicted molar refractivity (Wildman–Crippen MR) is 67.8 cm³/mol. The van der Waals surface area contributed by atoms with Crippen LogP contribution in [0.2, 0.25) is 0 Å². The number of benzene rings is 1. The van der Waals surface area contributed by atoms with Gasteiger partial charge >= 0.3 is 5.63 Å². The first-order chi connectivity index (χ1) is 8.20. The van der Waals surface area contributed by atoms with Gasteiger partial charge in [-0.1, -0.05) is 0 Å². The van der Waals surface area contributed by atoms with Crippen molar-refractivity contribution in [2.75, 3.05) is 6.61 Å². The fourth-order valence-corrected chi connectivity index (χ4v) is 1.91. The second-order valence-electron chi connectivity index (χ2n) is 3.52. The fourth-order valence-electron chi connectivity index (χ4n) is 1.51. The second kappa shape index (κ2) is 5.30. The van der Waals surface area contributed by atoms with Crippen LogP contribution in [0.15, 0.2) is 33.5 Å². The van der Waals surface area contributed by atoms with Gasteiger partial charge in [-0.25, -0.2) is 4.79 Å². The molecule has 1 aromatic carbocycles. The summed E-state index contributed by atoms with van der Waals surface area (Å²) in [6.45, 7) is 4.39. The Bertz CT molecular complexity index is 576. The molecule has 1 aromatic heterocycles. The van der Waals surface area contributed by atoms with E-state index in [9.17, 15) is 4.79 Å². The molecule has 0 saturated heterocycles. The molecule has 0 aliphatic rings. The molecule has 2 rings (SSSR count). The number of rotatable bonds is 4. The zero-order valence-corrected chi connectivity index (χ0v) is 10.6. The van der Waals surface area contributed by atoms with Crippen LogP contribution in [0.3, 0.4) is 0 Å². The normalized spacial score (nSPS) is 11.4. The molecule has 0 radical (unpaired) electrons. The highest BCUT2D eigenvalue weighted by Gasteiger charge is 2.04. The third-order valence-electron chi connectivity index (χ3n) is 2.29. The minimum absolute atomic E-state index is 0.0445. The van der Waals surface area contributed by atoms with Gasteiger partial charge < -0.3 is 13.5 Å². The molecule has 1 atom stereocenters. The summed E-state index contributed by atoms with van der Waals surface area (Å²) < 4.78 is 15.6. The average Bonchev–Trinajstić information content (AvgIpc) is 2.28. The van der Waals surface area contributed by atoms with Crippen molar-refractivity contribution in [3.63, 3.8) is 0 Å². The molecule has 5 heteroatoms. The summed E-state index contributed by atoms with van der Waals surface area (Å²) in [5, 5.41) is 0.914. The molecule has 0 bridgehead atoms. The quantitative estimate of drug-likeness (QED) is 0.476. The first-order valence-electron chi connectivity index (χ1n) is 5.29. The Morgan fingerprint density at radius 3 is 2.94 bits per heavy atom. The summed E-state index contributed by atoms with van der Waals surface area (Å²) in [7, 11) is -0.0445. The van der Waals surface area contributed by atoms with Crippen molar-refractivity contribution in [1.82, 2.24) is 0 Å². The number of hydrogen-bond donors (Lipinski definition) is 0. The molecule has 0 fully saturated rings. The number of fused-ring (bicyclic) bond motifs is 1. The summed E-state index contributed by atoms with van der Waals surface area (Å²) in [5.74, 6) is 0.637. The van der Waals surface area contributed by atoms with Crippen LogP contribution >= 0.6 is 9.03 Å². The Kier molecular flexibility index (Phi) is 3.77. The minimum atomic E-state index is -0.348. The number of hydrogen-bond acceptors (Lipinski definition) is 4. The third kappa shape index (κ3) is 2.84. The zero-order valence-electron chi connectivity index (χ0n) is 9.65. The lowest BCUT2D eigenvalue weighted by molar-refractivity contribution is 0.351. The van der Waals surface area contributed by atoms with Crippen LogP contribution in [-0.2, 0) is 4.52 Å². The van der Waals surface area contributed by atoms with Gasteiger partial charge in [0.2, 0.25) is 9.03 Å². The van der Waals surface area contributed by atoms with Crippen LogP contribution in [0.5, 0.6) is 5.75 Å². The summed E-state index contributed by atoms with van der Waals surface area (Å²) in [6.07, 6.45) is 0. The van der Waals surface area contributed by atoms with Crippen LogP contribution in [0, 0.1) is 6.92 Å². The molecule has 2 aromatic rings. The van der Waals surface area contributed by atoms with Crippen LogP contribution in [0.1, 0.15) is 12.5 Å². The molecular formula is C12H13O4P. The Balaban J connectivity index is 2.33. The van der Waals surface area contributed by atoms with Crippen molar-refractivity contribution in [2.45, 2.75) is 13.8 Å². The van der Waals surface area contributed by atoms with Crippen molar-refractivity contribution in [1.29, 1.82) is 0 Å². The van der Waals surface area contributed by atoms with E-state index in [2.05, 4.69) is 0 Å². The molecule has 4 nitrogen and oxygen atoms in total. The van der Waals surface area contributed by atoms with Crippen LogP contribution in [-0.4, -0.2) is 6.61 Å². The summed E-state index contributed by atoms with van der Waals surface area (Å²) in [4.78, 5) is 11.2. The van der Waals surface area contributed by atoms with Gasteiger partial charge in [0.25, 0.3) is 0 Å². The average molecular weight is 252 g/mol. The van der Waals surface area contributed by atoms with Gasteiger partial charge in [-0.2, -0.15) is 0 Å². The van der Waals surface area contributed by atoms with E-state index in [0.717, 1.165) is 10.9 Å². The molecule has 1 unspecified atom stereocenters. The zero-order chi connectivity index (χ0) is 12.3. The first-order valence-corrected chi connectivity index (χ1v) is 6.10. The topological polar surface area (TPSA) is 48.7 Å². The van der Waals surface area contributed by atoms with E-state index in [-0.39, 0.29) is 14.7 Å². The van der Waals surface area contributed by atoms with Crippen molar-refractivity contribution >= 4 is 20.0 Å². The Morgan fingerprint density at radius 2 is 2.18 bits per heavy atom. The monoisotopic (exact) mass is 252 g/mol. The summed E-state index contributed by atoms with van der Waals surface area (Å²) >= 11 is 0. The lowest BCUT2D eigenvalue weighted by atomic mass is 10.1. The van der Waals surface area contributed by atoms with E-state index in [1.807, 2.05) is 26.0 Å². The van der Waals surface area contributed by atoms with Gasteiger partial charge in [0.15, 0.2) is 0 Å².